The number of carbonyl (C=O) groups excluding carboxylic acids is 1. The molecule has 0 bridgehead atoms. The summed E-state index contributed by atoms with van der Waals surface area (Å²) in [5.74, 6) is 0.181. The van der Waals surface area contributed by atoms with Gasteiger partial charge in [-0.05, 0) is 37.1 Å². The van der Waals surface area contributed by atoms with Crippen LogP contribution < -0.4 is 0 Å². The molecule has 4 nitrogen and oxygen atoms in total. The molecule has 1 aliphatic heterocycles. The van der Waals surface area contributed by atoms with Crippen molar-refractivity contribution >= 4 is 11.7 Å². The molecular formula is C13H14O4. The smallest absolute Gasteiger partial charge is 0.508 e. The van der Waals surface area contributed by atoms with E-state index in [9.17, 15) is 9.90 Å². The number of phenolic OH excluding ortho intramolecular Hbond substituents is 1. The summed E-state index contributed by atoms with van der Waals surface area (Å²) >= 11 is 0. The number of benzene rings is 1. The van der Waals surface area contributed by atoms with Crippen LogP contribution >= 0.6 is 0 Å². The summed E-state index contributed by atoms with van der Waals surface area (Å²) in [4.78, 5) is 11.1. The zero-order valence-electron chi connectivity index (χ0n) is 9.77. The third kappa shape index (κ3) is 2.11. The van der Waals surface area contributed by atoms with Crippen molar-refractivity contribution in [1.29, 1.82) is 0 Å². The van der Waals surface area contributed by atoms with Crippen molar-refractivity contribution in [1.82, 2.24) is 0 Å². The van der Waals surface area contributed by atoms with Gasteiger partial charge in [-0.2, -0.15) is 0 Å². The van der Waals surface area contributed by atoms with Gasteiger partial charge in [-0.15, -0.1) is 0 Å². The van der Waals surface area contributed by atoms with Gasteiger partial charge in [-0.25, -0.2) is 4.79 Å². The van der Waals surface area contributed by atoms with Crippen LogP contribution in [0.1, 0.15) is 19.4 Å². The highest BCUT2D eigenvalue weighted by molar-refractivity contribution is 5.74. The highest BCUT2D eigenvalue weighted by atomic mass is 16.8. The summed E-state index contributed by atoms with van der Waals surface area (Å²) in [6.45, 7) is 7.47. The van der Waals surface area contributed by atoms with E-state index in [0.29, 0.717) is 5.57 Å². The average Bonchev–Trinajstić information content (AvgIpc) is 2.52. The second kappa shape index (κ2) is 3.80. The van der Waals surface area contributed by atoms with Crippen LogP contribution in [-0.4, -0.2) is 23.0 Å². The first kappa shape index (κ1) is 11.5. The van der Waals surface area contributed by atoms with Crippen LogP contribution in [-0.2, 0) is 9.47 Å². The number of carbonyl (C=O) groups is 1. The van der Waals surface area contributed by atoms with Gasteiger partial charge in [-0.1, -0.05) is 18.7 Å². The molecule has 17 heavy (non-hydrogen) atoms. The monoisotopic (exact) mass is 234 g/mol. The van der Waals surface area contributed by atoms with Crippen molar-refractivity contribution in [3.05, 3.63) is 36.4 Å². The second-order valence-corrected chi connectivity index (χ2v) is 4.53. The molecule has 0 saturated carbocycles. The Bertz CT molecular complexity index is 459. The average molecular weight is 234 g/mol. The Morgan fingerprint density at radius 1 is 1.35 bits per heavy atom. The fourth-order valence-corrected chi connectivity index (χ4v) is 1.85. The molecule has 1 aliphatic rings. The topological polar surface area (TPSA) is 55.8 Å². The fraction of sp³-hybridized carbons (Fsp3) is 0.308. The van der Waals surface area contributed by atoms with E-state index in [0.717, 1.165) is 5.56 Å². The zero-order chi connectivity index (χ0) is 12.6. The standard InChI is InChI=1S/C13H14O4/c1-8(9-4-6-10(14)7-5-9)11-13(2,3)17-12(15)16-11/h4-7,11,14H,1H2,2-3H3. The molecule has 0 radical (unpaired) electrons. The lowest BCUT2D eigenvalue weighted by molar-refractivity contribution is 0.0780. The molecule has 90 valence electrons. The van der Waals surface area contributed by atoms with Gasteiger partial charge in [0.25, 0.3) is 0 Å². The van der Waals surface area contributed by atoms with Gasteiger partial charge in [-0.3, -0.25) is 0 Å². The molecule has 2 rings (SSSR count). The van der Waals surface area contributed by atoms with Crippen molar-refractivity contribution in [2.24, 2.45) is 0 Å². The molecule has 1 heterocycles. The summed E-state index contributed by atoms with van der Waals surface area (Å²) in [5.41, 5.74) is 0.728. The maximum Gasteiger partial charge on any atom is 0.509 e. The lowest BCUT2D eigenvalue weighted by Crippen LogP contribution is -2.33. The van der Waals surface area contributed by atoms with E-state index in [1.54, 1.807) is 38.1 Å². The van der Waals surface area contributed by atoms with Crippen LogP contribution in [0.2, 0.25) is 0 Å². The van der Waals surface area contributed by atoms with E-state index < -0.39 is 17.9 Å². The second-order valence-electron chi connectivity index (χ2n) is 4.53. The number of ether oxygens (including phenoxy) is 2. The minimum Gasteiger partial charge on any atom is -0.508 e. The van der Waals surface area contributed by atoms with Gasteiger partial charge < -0.3 is 14.6 Å². The van der Waals surface area contributed by atoms with Crippen molar-refractivity contribution in [2.75, 3.05) is 0 Å². The van der Waals surface area contributed by atoms with E-state index in [1.165, 1.54) is 0 Å². The van der Waals surface area contributed by atoms with Crippen molar-refractivity contribution < 1.29 is 19.4 Å². The lowest BCUT2D eigenvalue weighted by atomic mass is 9.91. The summed E-state index contributed by atoms with van der Waals surface area (Å²) < 4.78 is 10.2. The predicted octanol–water partition coefficient (Wildman–Crippen LogP) is 2.72. The van der Waals surface area contributed by atoms with Crippen molar-refractivity contribution in [3.8, 4) is 5.75 Å². The summed E-state index contributed by atoms with van der Waals surface area (Å²) in [5, 5.41) is 9.21. The summed E-state index contributed by atoms with van der Waals surface area (Å²) in [6, 6.07) is 6.57. The molecule has 1 aromatic carbocycles. The van der Waals surface area contributed by atoms with Crippen molar-refractivity contribution in [3.63, 3.8) is 0 Å². The summed E-state index contributed by atoms with van der Waals surface area (Å²) in [7, 11) is 0. The Labute approximate surface area is 99.5 Å². The van der Waals surface area contributed by atoms with Gasteiger partial charge >= 0.3 is 6.16 Å². The summed E-state index contributed by atoms with van der Waals surface area (Å²) in [6.07, 6.45) is -1.19. The molecule has 0 amide bonds. The zero-order valence-corrected chi connectivity index (χ0v) is 9.77. The maximum absolute atomic E-state index is 11.1. The van der Waals surface area contributed by atoms with Gasteiger partial charge in [0, 0.05) is 0 Å². The number of cyclic esters (lactones) is 2. The van der Waals surface area contributed by atoms with Crippen LogP contribution in [0, 0.1) is 0 Å². The minimum absolute atomic E-state index is 0.181. The van der Waals surface area contributed by atoms with Gasteiger partial charge in [0.2, 0.25) is 0 Å². The molecule has 1 fully saturated rings. The molecule has 0 aromatic heterocycles. The van der Waals surface area contributed by atoms with Crippen LogP contribution in [0.15, 0.2) is 30.8 Å². The van der Waals surface area contributed by atoms with Gasteiger partial charge in [0.05, 0.1) is 0 Å². The van der Waals surface area contributed by atoms with Crippen LogP contribution in [0.4, 0.5) is 4.79 Å². The van der Waals surface area contributed by atoms with Crippen LogP contribution in [0.3, 0.4) is 0 Å². The van der Waals surface area contributed by atoms with E-state index in [2.05, 4.69) is 6.58 Å². The number of phenols is 1. The Balaban J connectivity index is 2.26. The van der Waals surface area contributed by atoms with E-state index in [1.807, 2.05) is 0 Å². The minimum atomic E-state index is -0.730. The van der Waals surface area contributed by atoms with Crippen LogP contribution in [0.5, 0.6) is 5.75 Å². The van der Waals surface area contributed by atoms with Crippen LogP contribution in [0.25, 0.3) is 5.57 Å². The molecule has 1 unspecified atom stereocenters. The molecule has 0 spiro atoms. The van der Waals surface area contributed by atoms with Crippen molar-refractivity contribution in [2.45, 2.75) is 25.6 Å². The number of aromatic hydroxyl groups is 1. The quantitative estimate of drug-likeness (QED) is 0.799. The maximum atomic E-state index is 11.1. The molecule has 1 atom stereocenters. The molecule has 4 heteroatoms. The largest absolute Gasteiger partial charge is 0.509 e. The van der Waals surface area contributed by atoms with E-state index >= 15 is 0 Å². The SMILES string of the molecule is C=C(c1ccc(O)cc1)C1OC(=O)OC1(C)C. The Morgan fingerprint density at radius 3 is 2.41 bits per heavy atom. The highest BCUT2D eigenvalue weighted by Gasteiger charge is 2.45. The number of hydrogen-bond donors (Lipinski definition) is 1. The third-order valence-corrected chi connectivity index (χ3v) is 2.75. The fourth-order valence-electron chi connectivity index (χ4n) is 1.85. The molecule has 1 N–H and O–H groups in total. The first-order chi connectivity index (χ1) is 7.90. The Hall–Kier alpha value is -1.97. The Morgan fingerprint density at radius 2 is 1.94 bits per heavy atom. The molecule has 1 aromatic rings. The first-order valence-electron chi connectivity index (χ1n) is 5.28. The third-order valence-electron chi connectivity index (χ3n) is 2.75. The molecule has 0 aliphatic carbocycles. The molecular weight excluding hydrogens is 220 g/mol. The molecule has 1 saturated heterocycles. The van der Waals surface area contributed by atoms with Gasteiger partial charge in [0.1, 0.15) is 5.75 Å². The highest BCUT2D eigenvalue weighted by Crippen LogP contribution is 2.35. The number of rotatable bonds is 2. The normalized spacial score (nSPS) is 21.8. The number of hydrogen-bond acceptors (Lipinski definition) is 4. The predicted molar refractivity (Wildman–Crippen MR) is 62.6 cm³/mol. The van der Waals surface area contributed by atoms with E-state index in [4.69, 9.17) is 9.47 Å². The Kier molecular flexibility index (Phi) is 2.58. The van der Waals surface area contributed by atoms with Gasteiger partial charge in [0.15, 0.2) is 11.7 Å². The van der Waals surface area contributed by atoms with E-state index in [-0.39, 0.29) is 5.75 Å². The lowest BCUT2D eigenvalue weighted by Gasteiger charge is -2.23. The first-order valence-corrected chi connectivity index (χ1v) is 5.28.